The predicted molar refractivity (Wildman–Crippen MR) is 162 cm³/mol. The smallest absolute Gasteiger partial charge is 0.267 e. The lowest BCUT2D eigenvalue weighted by Crippen LogP contribution is -2.58. The van der Waals surface area contributed by atoms with Gasteiger partial charge in [-0.1, -0.05) is 36.1 Å². The number of nitrogens with zero attached hydrogens (tertiary/aromatic N) is 6. The van der Waals surface area contributed by atoms with Crippen molar-refractivity contribution in [2.75, 3.05) is 19.6 Å². The largest absolute Gasteiger partial charge is 0.376 e. The molecule has 0 saturated carbocycles. The molecule has 8 rings (SSSR count). The summed E-state index contributed by atoms with van der Waals surface area (Å²) in [5, 5.41) is 19.2. The van der Waals surface area contributed by atoms with Gasteiger partial charge in [-0.05, 0) is 70.1 Å². The molecule has 3 aliphatic rings. The van der Waals surface area contributed by atoms with E-state index in [1.54, 1.807) is 49.0 Å². The SMILES string of the molecule is Cc1nn2cccnc2c1C(=O)NC(C)c1nc2cccc(C#CC3(O)CN4CCC3CC4)c2c(=O)n1-c1ccccc1. The van der Waals surface area contributed by atoms with Gasteiger partial charge in [-0.25, -0.2) is 14.5 Å². The summed E-state index contributed by atoms with van der Waals surface area (Å²) in [4.78, 5) is 39.4. The van der Waals surface area contributed by atoms with E-state index in [2.05, 4.69) is 32.1 Å². The van der Waals surface area contributed by atoms with Crippen LogP contribution in [0.1, 0.15) is 53.2 Å². The molecule has 3 fully saturated rings. The van der Waals surface area contributed by atoms with Crippen LogP contribution in [0.15, 0.2) is 71.8 Å². The highest BCUT2D eigenvalue weighted by molar-refractivity contribution is 6.01. The molecular formula is C33H31N7O3. The van der Waals surface area contributed by atoms with Gasteiger partial charge in [0.1, 0.15) is 17.0 Å². The molecule has 2 unspecified atom stereocenters. The number of amides is 1. The Morgan fingerprint density at radius 1 is 1.12 bits per heavy atom. The normalized spacial score (nSPS) is 21.8. The number of carbonyl (C=O) groups is 1. The fraction of sp³-hybridized carbons (Fsp3) is 0.303. The summed E-state index contributed by atoms with van der Waals surface area (Å²) in [5.74, 6) is 6.44. The number of benzene rings is 2. The summed E-state index contributed by atoms with van der Waals surface area (Å²) in [6.07, 6.45) is 5.19. The number of hydrogen-bond acceptors (Lipinski definition) is 7. The van der Waals surface area contributed by atoms with Crippen molar-refractivity contribution in [3.63, 3.8) is 0 Å². The molecule has 2 atom stereocenters. The lowest BCUT2D eigenvalue weighted by Gasteiger charge is -2.47. The second kappa shape index (κ2) is 10.5. The Balaban J connectivity index is 1.32. The van der Waals surface area contributed by atoms with Crippen LogP contribution in [0.4, 0.5) is 0 Å². The van der Waals surface area contributed by atoms with Gasteiger partial charge in [0.25, 0.3) is 11.5 Å². The van der Waals surface area contributed by atoms with Gasteiger partial charge in [0.05, 0.1) is 28.3 Å². The van der Waals surface area contributed by atoms with Crippen LogP contribution < -0.4 is 10.9 Å². The van der Waals surface area contributed by atoms with E-state index in [4.69, 9.17) is 4.98 Å². The van der Waals surface area contributed by atoms with Crippen LogP contribution in [0, 0.1) is 24.7 Å². The standard InChI is InChI=1S/C33H31N7O3/c1-21-27(30-34-16-7-17-39(30)37-21)31(41)35-22(2)29-36-26-11-6-8-23(12-15-33(43)20-38-18-13-24(33)14-19-38)28(26)32(42)40(29)25-9-4-3-5-10-25/h3-11,16-17,22,24,43H,13-14,18-20H2,1-2H3,(H,35,41). The molecule has 2 N–H and O–H groups in total. The number of para-hydroxylation sites is 1. The first kappa shape index (κ1) is 27.0. The van der Waals surface area contributed by atoms with Crippen LogP contribution in [0.3, 0.4) is 0 Å². The van der Waals surface area contributed by atoms with Crippen molar-refractivity contribution in [2.45, 2.75) is 38.3 Å². The second-order valence-electron chi connectivity index (χ2n) is 11.4. The lowest BCUT2D eigenvalue weighted by molar-refractivity contribution is -0.0713. The first-order chi connectivity index (χ1) is 20.8. The van der Waals surface area contributed by atoms with Gasteiger partial charge in [0.2, 0.25) is 0 Å². The third-order valence-corrected chi connectivity index (χ3v) is 8.61. The molecule has 10 heteroatoms. The number of piperidine rings is 3. The Morgan fingerprint density at radius 3 is 2.65 bits per heavy atom. The topological polar surface area (TPSA) is 118 Å². The third kappa shape index (κ3) is 4.67. The minimum absolute atomic E-state index is 0.127. The highest BCUT2D eigenvalue weighted by Gasteiger charge is 2.44. The fourth-order valence-electron chi connectivity index (χ4n) is 6.42. The third-order valence-electron chi connectivity index (χ3n) is 8.61. The van der Waals surface area contributed by atoms with Crippen molar-refractivity contribution in [3.8, 4) is 17.5 Å². The predicted octanol–water partition coefficient (Wildman–Crippen LogP) is 3.04. The second-order valence-corrected chi connectivity index (χ2v) is 11.4. The Bertz CT molecular complexity index is 2000. The van der Waals surface area contributed by atoms with Gasteiger partial charge in [-0.3, -0.25) is 19.1 Å². The van der Waals surface area contributed by atoms with Crippen molar-refractivity contribution >= 4 is 22.5 Å². The summed E-state index contributed by atoms with van der Waals surface area (Å²) < 4.78 is 3.10. The van der Waals surface area contributed by atoms with Crippen molar-refractivity contribution in [3.05, 3.63) is 100.0 Å². The number of rotatable bonds is 4. The molecule has 3 saturated heterocycles. The van der Waals surface area contributed by atoms with Crippen LogP contribution >= 0.6 is 0 Å². The Kier molecular flexibility index (Phi) is 6.57. The van der Waals surface area contributed by atoms with Crippen molar-refractivity contribution < 1.29 is 9.90 Å². The maximum absolute atomic E-state index is 14.3. The molecule has 2 aromatic carbocycles. The maximum atomic E-state index is 14.3. The zero-order valence-corrected chi connectivity index (χ0v) is 24.0. The van der Waals surface area contributed by atoms with E-state index in [1.165, 1.54) is 4.57 Å². The average molecular weight is 574 g/mol. The van der Waals surface area contributed by atoms with Crippen LogP contribution in [0.5, 0.6) is 0 Å². The number of fused-ring (bicyclic) bond motifs is 5. The highest BCUT2D eigenvalue weighted by atomic mass is 16.3. The van der Waals surface area contributed by atoms with Gasteiger partial charge in [0.15, 0.2) is 5.65 Å². The molecule has 43 heavy (non-hydrogen) atoms. The molecule has 216 valence electrons. The number of aryl methyl sites for hydroxylation is 1. The minimum Gasteiger partial charge on any atom is -0.376 e. The van der Waals surface area contributed by atoms with Gasteiger partial charge in [0, 0.05) is 30.4 Å². The van der Waals surface area contributed by atoms with Gasteiger partial charge in [-0.15, -0.1) is 0 Å². The number of nitrogens with one attached hydrogen (secondary N) is 1. The summed E-state index contributed by atoms with van der Waals surface area (Å²) in [5.41, 5.74) is 1.56. The molecule has 0 spiro atoms. The quantitative estimate of drug-likeness (QED) is 0.318. The number of hydrogen-bond donors (Lipinski definition) is 2. The molecule has 5 aromatic rings. The zero-order valence-electron chi connectivity index (χ0n) is 24.0. The Hall–Kier alpha value is -4.85. The summed E-state index contributed by atoms with van der Waals surface area (Å²) in [6, 6.07) is 15.7. The van der Waals surface area contributed by atoms with Gasteiger partial charge < -0.3 is 10.4 Å². The maximum Gasteiger partial charge on any atom is 0.267 e. The van der Waals surface area contributed by atoms with Crippen LogP contribution in [0.2, 0.25) is 0 Å². The molecule has 6 heterocycles. The van der Waals surface area contributed by atoms with E-state index in [1.807, 2.05) is 36.4 Å². The molecule has 1 amide bonds. The van der Waals surface area contributed by atoms with E-state index in [0.29, 0.717) is 51.4 Å². The molecule has 0 radical (unpaired) electrons. The number of carbonyl (C=O) groups excluding carboxylic acids is 1. The van der Waals surface area contributed by atoms with Gasteiger partial charge in [-0.2, -0.15) is 5.10 Å². The molecule has 10 nitrogen and oxygen atoms in total. The van der Waals surface area contributed by atoms with Crippen molar-refractivity contribution in [1.82, 2.24) is 34.4 Å². The molecular weight excluding hydrogens is 542 g/mol. The minimum atomic E-state index is -1.10. The summed E-state index contributed by atoms with van der Waals surface area (Å²) in [6.45, 7) is 6.05. The first-order valence-corrected chi connectivity index (χ1v) is 14.5. The lowest BCUT2D eigenvalue weighted by atomic mass is 9.75. The van der Waals surface area contributed by atoms with E-state index < -0.39 is 11.6 Å². The van der Waals surface area contributed by atoms with Crippen LogP contribution in [-0.4, -0.2) is 65.3 Å². The van der Waals surface area contributed by atoms with E-state index >= 15 is 0 Å². The van der Waals surface area contributed by atoms with Gasteiger partial charge >= 0.3 is 0 Å². The summed E-state index contributed by atoms with van der Waals surface area (Å²) in [7, 11) is 0. The van der Waals surface area contributed by atoms with Crippen molar-refractivity contribution in [2.24, 2.45) is 5.92 Å². The van der Waals surface area contributed by atoms with Crippen molar-refractivity contribution in [1.29, 1.82) is 0 Å². The molecule has 3 aliphatic heterocycles. The number of aromatic nitrogens is 5. The molecule has 3 aromatic heterocycles. The Labute approximate surface area is 248 Å². The van der Waals surface area contributed by atoms with Crippen LogP contribution in [-0.2, 0) is 0 Å². The zero-order chi connectivity index (χ0) is 29.7. The van der Waals surface area contributed by atoms with E-state index in [9.17, 15) is 14.7 Å². The average Bonchev–Trinajstić information content (AvgIpc) is 3.36. The first-order valence-electron chi connectivity index (χ1n) is 14.5. The molecule has 0 aliphatic carbocycles. The highest BCUT2D eigenvalue weighted by Crippen LogP contribution is 2.35. The molecule has 2 bridgehead atoms. The van der Waals surface area contributed by atoms with E-state index in [-0.39, 0.29) is 17.4 Å². The van der Waals surface area contributed by atoms with E-state index in [0.717, 1.165) is 25.9 Å². The number of aliphatic hydroxyl groups is 1. The summed E-state index contributed by atoms with van der Waals surface area (Å²) >= 11 is 0. The Morgan fingerprint density at radius 2 is 1.91 bits per heavy atom. The van der Waals surface area contributed by atoms with Crippen LogP contribution in [0.25, 0.3) is 22.2 Å². The fourth-order valence-corrected chi connectivity index (χ4v) is 6.42. The monoisotopic (exact) mass is 573 g/mol.